The van der Waals surface area contributed by atoms with Gasteiger partial charge in [0.05, 0.1) is 22.3 Å². The molecule has 0 bridgehead atoms. The molecule has 1 atom stereocenters. The Balaban J connectivity index is 1.71. The largest absolute Gasteiger partial charge is 0.378 e. The minimum Gasteiger partial charge on any atom is -0.378 e. The van der Waals surface area contributed by atoms with Crippen LogP contribution >= 0.6 is 23.4 Å². The van der Waals surface area contributed by atoms with Crippen LogP contribution in [0.4, 0.5) is 5.69 Å². The van der Waals surface area contributed by atoms with Gasteiger partial charge in [0.2, 0.25) is 0 Å². The first kappa shape index (κ1) is 19.5. The van der Waals surface area contributed by atoms with Gasteiger partial charge >= 0.3 is 0 Å². The number of aromatic amines is 1. The molecule has 0 aliphatic carbocycles. The third-order valence-corrected chi connectivity index (χ3v) is 5.43. The van der Waals surface area contributed by atoms with Gasteiger partial charge < -0.3 is 10.7 Å². The molecule has 2 aromatic carbocycles. The highest BCUT2D eigenvalue weighted by Crippen LogP contribution is 2.23. The minimum absolute atomic E-state index is 0.191. The topological polar surface area (TPSA) is 84.1 Å². The van der Waals surface area contributed by atoms with Gasteiger partial charge in [-0.15, -0.1) is 0 Å². The smallest absolute Gasteiger partial charge is 0.258 e. The van der Waals surface area contributed by atoms with Crippen LogP contribution in [0.15, 0.2) is 52.3 Å². The monoisotopic (exact) mass is 400 g/mol. The molecule has 27 heavy (non-hydrogen) atoms. The summed E-state index contributed by atoms with van der Waals surface area (Å²) in [7, 11) is 0. The van der Waals surface area contributed by atoms with Gasteiger partial charge in [-0.3, -0.25) is 4.79 Å². The number of benzene rings is 2. The van der Waals surface area contributed by atoms with E-state index in [9.17, 15) is 4.79 Å². The van der Waals surface area contributed by atoms with Crippen molar-refractivity contribution in [2.75, 3.05) is 0 Å². The van der Waals surface area contributed by atoms with E-state index < -0.39 is 0 Å². The number of H-pyrrole nitrogens is 1. The lowest BCUT2D eigenvalue weighted by Gasteiger charge is -2.08. The highest BCUT2D eigenvalue weighted by atomic mass is 35.5. The van der Waals surface area contributed by atoms with Crippen molar-refractivity contribution in [3.8, 4) is 0 Å². The second kappa shape index (κ2) is 8.59. The number of amidine groups is 1. The average molecular weight is 401 g/mol. The number of nitrogens with one attached hydrogen (secondary N) is 1. The zero-order valence-electron chi connectivity index (χ0n) is 15.2. The Morgan fingerprint density at radius 1 is 1.30 bits per heavy atom. The lowest BCUT2D eigenvalue weighted by molar-refractivity contribution is 0.734. The van der Waals surface area contributed by atoms with E-state index in [1.54, 1.807) is 18.2 Å². The number of aromatic nitrogens is 2. The van der Waals surface area contributed by atoms with E-state index in [-0.39, 0.29) is 5.56 Å². The Hall–Kier alpha value is -2.31. The van der Waals surface area contributed by atoms with E-state index in [4.69, 9.17) is 17.3 Å². The number of nitrogens with zero attached hydrogens (tertiary/aromatic N) is 2. The first-order valence-corrected chi connectivity index (χ1v) is 10.1. The van der Waals surface area contributed by atoms with E-state index in [1.165, 1.54) is 17.3 Å². The zero-order chi connectivity index (χ0) is 19.4. The molecule has 0 saturated heterocycles. The SMILES string of the molecule is CC[C@H](C)c1ccc(N=C(N)SCc2nc3cc(Cl)ccc3c(=O)[nH]2)cc1. The number of thioether (sulfide) groups is 1. The van der Waals surface area contributed by atoms with Crippen molar-refractivity contribution in [1.82, 2.24) is 9.97 Å². The van der Waals surface area contributed by atoms with Crippen LogP contribution < -0.4 is 11.3 Å². The molecule has 7 heteroatoms. The highest BCUT2D eigenvalue weighted by Gasteiger charge is 2.06. The van der Waals surface area contributed by atoms with Crippen LogP contribution in [0.2, 0.25) is 5.02 Å². The second-order valence-electron chi connectivity index (χ2n) is 6.31. The van der Waals surface area contributed by atoms with Crippen molar-refractivity contribution >= 4 is 45.1 Å². The summed E-state index contributed by atoms with van der Waals surface area (Å²) in [6.07, 6.45) is 1.10. The molecule has 3 rings (SSSR count). The predicted molar refractivity (Wildman–Crippen MR) is 115 cm³/mol. The summed E-state index contributed by atoms with van der Waals surface area (Å²) in [6, 6.07) is 13.1. The summed E-state index contributed by atoms with van der Waals surface area (Å²) in [4.78, 5) is 23.8. The Morgan fingerprint density at radius 3 is 2.74 bits per heavy atom. The van der Waals surface area contributed by atoms with Gasteiger partial charge in [0, 0.05) is 5.02 Å². The number of rotatable bonds is 5. The number of halogens is 1. The molecular weight excluding hydrogens is 380 g/mol. The molecule has 1 heterocycles. The van der Waals surface area contributed by atoms with Crippen molar-refractivity contribution in [2.45, 2.75) is 31.9 Å². The van der Waals surface area contributed by atoms with Crippen molar-refractivity contribution in [3.63, 3.8) is 0 Å². The van der Waals surface area contributed by atoms with Crippen molar-refractivity contribution in [3.05, 3.63) is 69.2 Å². The lowest BCUT2D eigenvalue weighted by atomic mass is 9.99. The molecule has 3 aromatic rings. The summed E-state index contributed by atoms with van der Waals surface area (Å²) >= 11 is 7.31. The summed E-state index contributed by atoms with van der Waals surface area (Å²) in [5.41, 5.74) is 8.50. The van der Waals surface area contributed by atoms with Gasteiger partial charge in [0.15, 0.2) is 5.17 Å². The van der Waals surface area contributed by atoms with Gasteiger partial charge in [-0.25, -0.2) is 9.98 Å². The molecular formula is C20H21ClN4OS. The van der Waals surface area contributed by atoms with Crippen LogP contribution in [-0.4, -0.2) is 15.1 Å². The van der Waals surface area contributed by atoms with Crippen molar-refractivity contribution in [1.29, 1.82) is 0 Å². The van der Waals surface area contributed by atoms with E-state index in [0.717, 1.165) is 12.1 Å². The molecule has 0 unspecified atom stereocenters. The van der Waals surface area contributed by atoms with Crippen LogP contribution in [0.1, 0.15) is 37.6 Å². The van der Waals surface area contributed by atoms with E-state index >= 15 is 0 Å². The Labute approximate surface area is 167 Å². The van der Waals surface area contributed by atoms with Gasteiger partial charge in [-0.1, -0.05) is 49.3 Å². The molecule has 0 fully saturated rings. The van der Waals surface area contributed by atoms with Crippen molar-refractivity contribution in [2.24, 2.45) is 10.7 Å². The summed E-state index contributed by atoms with van der Waals surface area (Å²) in [5, 5.41) is 1.47. The van der Waals surface area contributed by atoms with E-state index in [2.05, 4.69) is 40.9 Å². The number of hydrogen-bond donors (Lipinski definition) is 2. The standard InChI is InChI=1S/C20H21ClN4OS/c1-3-12(2)13-4-7-15(8-5-13)23-20(22)27-11-18-24-17-10-14(21)6-9-16(17)19(26)25-18/h4-10,12H,3,11H2,1-2H3,(H2,22,23)(H,24,25,26)/t12-/m0/s1. The third-order valence-electron chi connectivity index (χ3n) is 4.39. The fraction of sp³-hybridized carbons (Fsp3) is 0.250. The molecule has 0 saturated carbocycles. The maximum atomic E-state index is 12.1. The maximum Gasteiger partial charge on any atom is 0.258 e. The second-order valence-corrected chi connectivity index (χ2v) is 7.75. The van der Waals surface area contributed by atoms with E-state index in [0.29, 0.717) is 38.6 Å². The fourth-order valence-electron chi connectivity index (χ4n) is 2.64. The molecule has 0 radical (unpaired) electrons. The molecule has 0 spiro atoms. The number of hydrogen-bond acceptors (Lipinski definition) is 4. The van der Waals surface area contributed by atoms with Gasteiger partial charge in [-0.05, 0) is 48.2 Å². The number of aliphatic imine (C=N–C) groups is 1. The molecule has 0 aliphatic rings. The number of fused-ring (bicyclic) bond motifs is 1. The third kappa shape index (κ3) is 4.90. The van der Waals surface area contributed by atoms with Crippen LogP contribution in [0.3, 0.4) is 0 Å². The van der Waals surface area contributed by atoms with Gasteiger partial charge in [0.25, 0.3) is 5.56 Å². The summed E-state index contributed by atoms with van der Waals surface area (Å²) < 4.78 is 0. The lowest BCUT2D eigenvalue weighted by Crippen LogP contribution is -2.13. The van der Waals surface area contributed by atoms with Crippen LogP contribution in [0.25, 0.3) is 10.9 Å². The highest BCUT2D eigenvalue weighted by molar-refractivity contribution is 8.13. The molecule has 0 aliphatic heterocycles. The fourth-order valence-corrected chi connectivity index (χ4v) is 3.40. The molecule has 1 aromatic heterocycles. The minimum atomic E-state index is -0.191. The van der Waals surface area contributed by atoms with Crippen LogP contribution in [0, 0.1) is 0 Å². The van der Waals surface area contributed by atoms with Crippen molar-refractivity contribution < 1.29 is 0 Å². The summed E-state index contributed by atoms with van der Waals surface area (Å²) in [5.74, 6) is 1.47. The van der Waals surface area contributed by atoms with Gasteiger partial charge in [0.1, 0.15) is 5.82 Å². The Kier molecular flexibility index (Phi) is 6.19. The van der Waals surface area contributed by atoms with Crippen LogP contribution in [-0.2, 0) is 5.75 Å². The molecule has 3 N–H and O–H groups in total. The van der Waals surface area contributed by atoms with Gasteiger partial charge in [-0.2, -0.15) is 0 Å². The average Bonchev–Trinajstić information content (AvgIpc) is 2.66. The first-order chi connectivity index (χ1) is 13.0. The Bertz CT molecular complexity index is 1030. The maximum absolute atomic E-state index is 12.1. The van der Waals surface area contributed by atoms with E-state index in [1.807, 2.05) is 12.1 Å². The number of nitrogens with two attached hydrogens (primary N) is 1. The predicted octanol–water partition coefficient (Wildman–Crippen LogP) is 4.97. The molecule has 5 nitrogen and oxygen atoms in total. The first-order valence-electron chi connectivity index (χ1n) is 8.71. The Morgan fingerprint density at radius 2 is 2.04 bits per heavy atom. The summed E-state index contributed by atoms with van der Waals surface area (Å²) in [6.45, 7) is 4.37. The normalized spacial score (nSPS) is 13.1. The molecule has 0 amide bonds. The molecule has 140 valence electrons. The quantitative estimate of drug-likeness (QED) is 0.467. The zero-order valence-corrected chi connectivity index (χ0v) is 16.8. The van der Waals surface area contributed by atoms with Crippen LogP contribution in [0.5, 0.6) is 0 Å².